The van der Waals surface area contributed by atoms with E-state index >= 15 is 0 Å². The molecule has 1 heterocycles. The number of rotatable bonds is 7. The maximum Gasteiger partial charge on any atom is 0.175 e. The van der Waals surface area contributed by atoms with Gasteiger partial charge in [-0.25, -0.2) is 0 Å². The Hall–Kier alpha value is -1.04. The average Bonchev–Trinajstić information content (AvgIpc) is 2.93. The van der Waals surface area contributed by atoms with Gasteiger partial charge in [-0.3, -0.25) is 0 Å². The average molecular weight is 342 g/mol. The standard InChI is InChI=1S/C14H16BrNO2S/c1-17-13-6-2-5-12(15)14(13)18-8-7-16-10-11-4-3-9-19-11/h2-6,9,16H,7-8,10H2,1H3. The predicted octanol–water partition coefficient (Wildman–Crippen LogP) is 3.69. The van der Waals surface area contributed by atoms with Gasteiger partial charge in [0.1, 0.15) is 6.61 Å². The highest BCUT2D eigenvalue weighted by Gasteiger charge is 2.07. The highest BCUT2D eigenvalue weighted by molar-refractivity contribution is 9.10. The molecule has 19 heavy (non-hydrogen) atoms. The third kappa shape index (κ3) is 4.23. The van der Waals surface area contributed by atoms with Crippen molar-refractivity contribution in [1.29, 1.82) is 0 Å². The van der Waals surface area contributed by atoms with Crippen LogP contribution in [0.25, 0.3) is 0 Å². The van der Waals surface area contributed by atoms with Gasteiger partial charge in [0.2, 0.25) is 0 Å². The molecule has 0 atom stereocenters. The Labute approximate surface area is 125 Å². The van der Waals surface area contributed by atoms with Crippen molar-refractivity contribution < 1.29 is 9.47 Å². The lowest BCUT2D eigenvalue weighted by atomic mass is 10.3. The Bertz CT molecular complexity index is 502. The van der Waals surface area contributed by atoms with Crippen LogP contribution >= 0.6 is 27.3 Å². The van der Waals surface area contributed by atoms with Crippen LogP contribution in [0.2, 0.25) is 0 Å². The first-order valence-electron chi connectivity index (χ1n) is 5.99. The lowest BCUT2D eigenvalue weighted by Crippen LogP contribution is -2.20. The molecule has 2 rings (SSSR count). The van der Waals surface area contributed by atoms with Gasteiger partial charge in [0.05, 0.1) is 11.6 Å². The zero-order valence-electron chi connectivity index (χ0n) is 10.7. The van der Waals surface area contributed by atoms with E-state index in [-0.39, 0.29) is 0 Å². The first-order valence-corrected chi connectivity index (χ1v) is 7.67. The highest BCUT2D eigenvalue weighted by Crippen LogP contribution is 2.34. The molecule has 3 nitrogen and oxygen atoms in total. The van der Waals surface area contributed by atoms with E-state index in [1.807, 2.05) is 18.2 Å². The van der Waals surface area contributed by atoms with Gasteiger partial charge in [-0.15, -0.1) is 11.3 Å². The van der Waals surface area contributed by atoms with Gasteiger partial charge < -0.3 is 14.8 Å². The maximum absolute atomic E-state index is 5.75. The SMILES string of the molecule is COc1cccc(Br)c1OCCNCc1cccs1. The molecule has 0 fully saturated rings. The number of thiophene rings is 1. The smallest absolute Gasteiger partial charge is 0.175 e. The fourth-order valence-corrected chi connectivity index (χ4v) is 2.78. The lowest BCUT2D eigenvalue weighted by molar-refractivity contribution is 0.290. The molecular formula is C14H16BrNO2S. The number of methoxy groups -OCH3 is 1. The summed E-state index contributed by atoms with van der Waals surface area (Å²) in [6.45, 7) is 2.28. The fraction of sp³-hybridized carbons (Fsp3) is 0.286. The molecule has 1 N–H and O–H groups in total. The molecule has 0 amide bonds. The zero-order chi connectivity index (χ0) is 13.5. The summed E-state index contributed by atoms with van der Waals surface area (Å²) >= 11 is 5.22. The molecule has 0 saturated heterocycles. The van der Waals surface area contributed by atoms with Crippen molar-refractivity contribution in [2.45, 2.75) is 6.54 Å². The second-order valence-electron chi connectivity index (χ2n) is 3.88. The summed E-state index contributed by atoms with van der Waals surface area (Å²) in [5.74, 6) is 1.50. The molecule has 2 aromatic rings. The number of halogens is 1. The highest BCUT2D eigenvalue weighted by atomic mass is 79.9. The third-order valence-electron chi connectivity index (χ3n) is 2.56. The Morgan fingerprint density at radius 3 is 2.89 bits per heavy atom. The summed E-state index contributed by atoms with van der Waals surface area (Å²) in [5, 5.41) is 5.43. The maximum atomic E-state index is 5.75. The molecule has 5 heteroatoms. The summed E-state index contributed by atoms with van der Waals surface area (Å²) < 4.78 is 11.9. The molecule has 0 unspecified atom stereocenters. The molecule has 0 bridgehead atoms. The monoisotopic (exact) mass is 341 g/mol. The summed E-state index contributed by atoms with van der Waals surface area (Å²) in [7, 11) is 1.64. The van der Waals surface area contributed by atoms with E-state index < -0.39 is 0 Å². The minimum Gasteiger partial charge on any atom is -0.493 e. The lowest BCUT2D eigenvalue weighted by Gasteiger charge is -2.12. The molecule has 0 saturated carbocycles. The first-order chi connectivity index (χ1) is 9.31. The van der Waals surface area contributed by atoms with E-state index in [2.05, 4.69) is 38.8 Å². The van der Waals surface area contributed by atoms with Gasteiger partial charge in [0, 0.05) is 18.0 Å². The zero-order valence-corrected chi connectivity index (χ0v) is 13.1. The van der Waals surface area contributed by atoms with E-state index in [9.17, 15) is 0 Å². The van der Waals surface area contributed by atoms with Crippen LogP contribution < -0.4 is 14.8 Å². The summed E-state index contributed by atoms with van der Waals surface area (Å²) in [6, 6.07) is 9.93. The van der Waals surface area contributed by atoms with Crippen molar-refractivity contribution in [2.75, 3.05) is 20.3 Å². The molecule has 0 spiro atoms. The number of ether oxygens (including phenoxy) is 2. The van der Waals surface area contributed by atoms with Gasteiger partial charge in [-0.1, -0.05) is 12.1 Å². The number of nitrogens with one attached hydrogen (secondary N) is 1. The molecular weight excluding hydrogens is 326 g/mol. The fourth-order valence-electron chi connectivity index (χ4n) is 1.64. The van der Waals surface area contributed by atoms with Crippen LogP contribution in [0.15, 0.2) is 40.2 Å². The van der Waals surface area contributed by atoms with Gasteiger partial charge >= 0.3 is 0 Å². The molecule has 1 aromatic carbocycles. The van der Waals surface area contributed by atoms with Gasteiger partial charge in [0.15, 0.2) is 11.5 Å². The number of benzene rings is 1. The molecule has 102 valence electrons. The van der Waals surface area contributed by atoms with Crippen LogP contribution in [0.4, 0.5) is 0 Å². The number of hydrogen-bond donors (Lipinski definition) is 1. The predicted molar refractivity (Wildman–Crippen MR) is 82.2 cm³/mol. The van der Waals surface area contributed by atoms with Gasteiger partial charge in [-0.2, -0.15) is 0 Å². The number of para-hydroxylation sites is 1. The molecule has 0 radical (unpaired) electrons. The van der Waals surface area contributed by atoms with E-state index in [1.54, 1.807) is 18.4 Å². The quantitative estimate of drug-likeness (QED) is 0.779. The first kappa shape index (κ1) is 14.4. The molecule has 1 aromatic heterocycles. The van der Waals surface area contributed by atoms with E-state index in [0.29, 0.717) is 6.61 Å². The molecule has 0 aliphatic heterocycles. The van der Waals surface area contributed by atoms with Gasteiger partial charge in [0.25, 0.3) is 0 Å². The van der Waals surface area contributed by atoms with Crippen molar-refractivity contribution in [1.82, 2.24) is 5.32 Å². The second kappa shape index (κ2) is 7.53. The van der Waals surface area contributed by atoms with Crippen molar-refractivity contribution >= 4 is 27.3 Å². The third-order valence-corrected chi connectivity index (χ3v) is 4.06. The van der Waals surface area contributed by atoms with Crippen LogP contribution in [0.1, 0.15) is 4.88 Å². The van der Waals surface area contributed by atoms with Crippen molar-refractivity contribution in [2.24, 2.45) is 0 Å². The van der Waals surface area contributed by atoms with Gasteiger partial charge in [-0.05, 0) is 39.5 Å². The largest absolute Gasteiger partial charge is 0.493 e. The van der Waals surface area contributed by atoms with Crippen LogP contribution in [0.5, 0.6) is 11.5 Å². The molecule has 0 aliphatic carbocycles. The van der Waals surface area contributed by atoms with Crippen molar-refractivity contribution in [3.8, 4) is 11.5 Å². The Balaban J connectivity index is 1.76. The van der Waals surface area contributed by atoms with E-state index in [4.69, 9.17) is 9.47 Å². The summed E-state index contributed by atoms with van der Waals surface area (Å²) in [6.07, 6.45) is 0. The van der Waals surface area contributed by atoms with Crippen LogP contribution in [-0.2, 0) is 6.54 Å². The summed E-state index contributed by atoms with van der Waals surface area (Å²) in [5.41, 5.74) is 0. The minimum absolute atomic E-state index is 0.602. The Kier molecular flexibility index (Phi) is 5.69. The normalized spacial score (nSPS) is 10.4. The second-order valence-corrected chi connectivity index (χ2v) is 5.76. The van der Waals surface area contributed by atoms with Crippen molar-refractivity contribution in [3.05, 3.63) is 45.1 Å². The molecule has 0 aliphatic rings. The van der Waals surface area contributed by atoms with E-state index in [1.165, 1.54) is 4.88 Å². The Morgan fingerprint density at radius 1 is 1.26 bits per heavy atom. The van der Waals surface area contributed by atoms with Crippen LogP contribution in [0, 0.1) is 0 Å². The van der Waals surface area contributed by atoms with E-state index in [0.717, 1.165) is 29.1 Å². The number of hydrogen-bond acceptors (Lipinski definition) is 4. The topological polar surface area (TPSA) is 30.5 Å². The van der Waals surface area contributed by atoms with Crippen molar-refractivity contribution in [3.63, 3.8) is 0 Å². The minimum atomic E-state index is 0.602. The van der Waals surface area contributed by atoms with Crippen LogP contribution in [-0.4, -0.2) is 20.3 Å². The Morgan fingerprint density at radius 2 is 2.16 bits per heavy atom. The summed E-state index contributed by atoms with van der Waals surface area (Å²) in [4.78, 5) is 1.33. The van der Waals surface area contributed by atoms with Crippen LogP contribution in [0.3, 0.4) is 0 Å².